The summed E-state index contributed by atoms with van der Waals surface area (Å²) in [6, 6.07) is 3.38. The standard InChI is InChI=1S/C8H7Cl2NO2/c9-5-1-4(2-6(10)3-5)7(11)8(12)13/h1-3,7H,11H2,(H,12,13)/t7-/m1/s1. The molecule has 0 aliphatic heterocycles. The van der Waals surface area contributed by atoms with E-state index in [-0.39, 0.29) is 0 Å². The average molecular weight is 220 g/mol. The summed E-state index contributed by atoms with van der Waals surface area (Å²) in [4.78, 5) is 10.5. The third kappa shape index (κ3) is 2.59. The van der Waals surface area contributed by atoms with Crippen LogP contribution in [0.3, 0.4) is 0 Å². The summed E-state index contributed by atoms with van der Waals surface area (Å²) in [5.41, 5.74) is 5.75. The third-order valence-electron chi connectivity index (χ3n) is 1.51. The number of rotatable bonds is 2. The summed E-state index contributed by atoms with van der Waals surface area (Å²) in [6.07, 6.45) is 0. The van der Waals surface area contributed by atoms with E-state index in [1.807, 2.05) is 0 Å². The molecule has 5 heteroatoms. The SMILES string of the molecule is N[C@@H](C(=O)O)c1cc(Cl)cc(Cl)c1. The van der Waals surface area contributed by atoms with Crippen LogP contribution < -0.4 is 5.73 Å². The maximum absolute atomic E-state index is 10.5. The summed E-state index contributed by atoms with van der Waals surface area (Å²) in [6.45, 7) is 0. The molecule has 0 saturated carbocycles. The monoisotopic (exact) mass is 219 g/mol. The van der Waals surface area contributed by atoms with E-state index in [2.05, 4.69) is 0 Å². The van der Waals surface area contributed by atoms with Gasteiger partial charge in [0.1, 0.15) is 6.04 Å². The fourth-order valence-corrected chi connectivity index (χ4v) is 1.44. The van der Waals surface area contributed by atoms with Crippen molar-refractivity contribution in [1.29, 1.82) is 0 Å². The van der Waals surface area contributed by atoms with Crippen molar-refractivity contribution >= 4 is 29.2 Å². The van der Waals surface area contributed by atoms with Crippen molar-refractivity contribution < 1.29 is 9.90 Å². The molecule has 3 N–H and O–H groups in total. The van der Waals surface area contributed by atoms with Gasteiger partial charge < -0.3 is 10.8 Å². The smallest absolute Gasteiger partial charge is 0.325 e. The van der Waals surface area contributed by atoms with Crippen LogP contribution in [-0.4, -0.2) is 11.1 Å². The molecule has 0 unspecified atom stereocenters. The Labute approximate surface area is 85.1 Å². The van der Waals surface area contributed by atoms with Gasteiger partial charge in [-0.2, -0.15) is 0 Å². The second kappa shape index (κ2) is 3.96. The maximum Gasteiger partial charge on any atom is 0.325 e. The number of hydrogen-bond donors (Lipinski definition) is 2. The van der Waals surface area contributed by atoms with E-state index in [9.17, 15) is 4.79 Å². The van der Waals surface area contributed by atoms with Gasteiger partial charge in [0.2, 0.25) is 0 Å². The lowest BCUT2D eigenvalue weighted by Crippen LogP contribution is -2.20. The molecule has 70 valence electrons. The first-order valence-corrected chi connectivity index (χ1v) is 4.20. The van der Waals surface area contributed by atoms with E-state index in [1.165, 1.54) is 18.2 Å². The van der Waals surface area contributed by atoms with Crippen LogP contribution in [0.5, 0.6) is 0 Å². The number of hydrogen-bond acceptors (Lipinski definition) is 2. The first-order valence-electron chi connectivity index (χ1n) is 3.45. The van der Waals surface area contributed by atoms with E-state index in [0.29, 0.717) is 15.6 Å². The van der Waals surface area contributed by atoms with Crippen molar-refractivity contribution in [3.05, 3.63) is 33.8 Å². The van der Waals surface area contributed by atoms with Crippen LogP contribution in [0.1, 0.15) is 11.6 Å². The lowest BCUT2D eigenvalue weighted by atomic mass is 10.1. The van der Waals surface area contributed by atoms with Crippen LogP contribution in [0.15, 0.2) is 18.2 Å². The molecule has 13 heavy (non-hydrogen) atoms. The van der Waals surface area contributed by atoms with E-state index >= 15 is 0 Å². The molecule has 0 spiro atoms. The quantitative estimate of drug-likeness (QED) is 0.801. The fourth-order valence-electron chi connectivity index (χ4n) is 0.897. The van der Waals surface area contributed by atoms with Gasteiger partial charge in [0.15, 0.2) is 0 Å². The maximum atomic E-state index is 10.5. The van der Waals surface area contributed by atoms with Crippen molar-refractivity contribution in [2.24, 2.45) is 5.73 Å². The highest BCUT2D eigenvalue weighted by Gasteiger charge is 2.14. The summed E-state index contributed by atoms with van der Waals surface area (Å²) in [5, 5.41) is 9.35. The minimum atomic E-state index is -1.11. The summed E-state index contributed by atoms with van der Waals surface area (Å²) in [7, 11) is 0. The lowest BCUT2D eigenvalue weighted by Gasteiger charge is -2.07. The van der Waals surface area contributed by atoms with Gasteiger partial charge in [-0.1, -0.05) is 23.2 Å². The molecule has 0 fully saturated rings. The Morgan fingerprint density at radius 2 is 1.77 bits per heavy atom. The number of benzene rings is 1. The van der Waals surface area contributed by atoms with Gasteiger partial charge in [0.25, 0.3) is 0 Å². The Morgan fingerprint density at radius 1 is 1.31 bits per heavy atom. The fraction of sp³-hybridized carbons (Fsp3) is 0.125. The van der Waals surface area contributed by atoms with E-state index in [1.54, 1.807) is 0 Å². The minimum absolute atomic E-state index is 0.374. The van der Waals surface area contributed by atoms with Gasteiger partial charge in [-0.3, -0.25) is 4.79 Å². The first-order chi connectivity index (χ1) is 6.00. The molecule has 0 aromatic heterocycles. The van der Waals surface area contributed by atoms with Crippen molar-refractivity contribution in [3.8, 4) is 0 Å². The molecular formula is C8H7Cl2NO2. The predicted molar refractivity (Wildman–Crippen MR) is 51.0 cm³/mol. The molecule has 0 amide bonds. The van der Waals surface area contributed by atoms with Crippen LogP contribution in [0.4, 0.5) is 0 Å². The molecule has 1 aromatic rings. The summed E-state index contributed by atoms with van der Waals surface area (Å²) < 4.78 is 0. The highest BCUT2D eigenvalue weighted by Crippen LogP contribution is 2.22. The first kappa shape index (κ1) is 10.3. The van der Waals surface area contributed by atoms with Gasteiger partial charge in [0, 0.05) is 10.0 Å². The van der Waals surface area contributed by atoms with Crippen molar-refractivity contribution in [2.75, 3.05) is 0 Å². The highest BCUT2D eigenvalue weighted by atomic mass is 35.5. The molecule has 0 aliphatic carbocycles. The van der Waals surface area contributed by atoms with Crippen LogP contribution in [0.2, 0.25) is 10.0 Å². The molecule has 3 nitrogen and oxygen atoms in total. The molecule has 0 heterocycles. The van der Waals surface area contributed by atoms with Crippen LogP contribution in [0.25, 0.3) is 0 Å². The number of carbonyl (C=O) groups is 1. The average Bonchev–Trinajstić information content (AvgIpc) is 2.01. The zero-order valence-electron chi connectivity index (χ0n) is 6.50. The number of nitrogens with two attached hydrogens (primary N) is 1. The van der Waals surface area contributed by atoms with Crippen molar-refractivity contribution in [2.45, 2.75) is 6.04 Å². The molecule has 0 aliphatic rings. The zero-order chi connectivity index (χ0) is 10.0. The molecule has 1 rings (SSSR count). The molecule has 0 saturated heterocycles. The highest BCUT2D eigenvalue weighted by molar-refractivity contribution is 6.34. The molecule has 1 atom stereocenters. The van der Waals surface area contributed by atoms with Gasteiger partial charge in [-0.15, -0.1) is 0 Å². The molecule has 0 radical (unpaired) electrons. The Kier molecular flexibility index (Phi) is 3.14. The van der Waals surface area contributed by atoms with Crippen LogP contribution >= 0.6 is 23.2 Å². The van der Waals surface area contributed by atoms with Gasteiger partial charge in [0.05, 0.1) is 0 Å². The van der Waals surface area contributed by atoms with Crippen molar-refractivity contribution in [1.82, 2.24) is 0 Å². The normalized spacial score (nSPS) is 12.5. The Bertz CT molecular complexity index is 321. The summed E-state index contributed by atoms with van der Waals surface area (Å²) >= 11 is 11.3. The van der Waals surface area contributed by atoms with Crippen LogP contribution in [-0.2, 0) is 4.79 Å². The second-order valence-electron chi connectivity index (χ2n) is 2.52. The molecular weight excluding hydrogens is 213 g/mol. The van der Waals surface area contributed by atoms with Crippen LogP contribution in [0, 0.1) is 0 Å². The molecule has 1 aromatic carbocycles. The largest absolute Gasteiger partial charge is 0.480 e. The number of halogens is 2. The second-order valence-corrected chi connectivity index (χ2v) is 3.39. The Hall–Kier alpha value is -0.770. The number of carboxylic acid groups (broad SMARTS) is 1. The Morgan fingerprint density at radius 3 is 2.15 bits per heavy atom. The van der Waals surface area contributed by atoms with E-state index < -0.39 is 12.0 Å². The Balaban J connectivity index is 3.07. The molecule has 0 bridgehead atoms. The number of carboxylic acids is 1. The van der Waals surface area contributed by atoms with E-state index in [0.717, 1.165) is 0 Å². The predicted octanol–water partition coefficient (Wildman–Crippen LogP) is 2.08. The van der Waals surface area contributed by atoms with Gasteiger partial charge in [-0.25, -0.2) is 0 Å². The van der Waals surface area contributed by atoms with Crippen molar-refractivity contribution in [3.63, 3.8) is 0 Å². The van der Waals surface area contributed by atoms with E-state index in [4.69, 9.17) is 34.0 Å². The zero-order valence-corrected chi connectivity index (χ0v) is 8.01. The number of aliphatic carboxylic acids is 1. The summed E-state index contributed by atoms with van der Waals surface area (Å²) in [5.74, 6) is -1.11. The lowest BCUT2D eigenvalue weighted by molar-refractivity contribution is -0.138. The van der Waals surface area contributed by atoms with Gasteiger partial charge in [-0.05, 0) is 23.8 Å². The minimum Gasteiger partial charge on any atom is -0.480 e. The van der Waals surface area contributed by atoms with Gasteiger partial charge >= 0.3 is 5.97 Å². The third-order valence-corrected chi connectivity index (χ3v) is 1.95. The topological polar surface area (TPSA) is 63.3 Å².